The fourth-order valence-electron chi connectivity index (χ4n) is 7.90. The molecule has 0 unspecified atom stereocenters. The van der Waals surface area contributed by atoms with E-state index in [0.717, 1.165) is 49.2 Å². The molecule has 1 aromatic carbocycles. The van der Waals surface area contributed by atoms with Crippen LogP contribution in [0.2, 0.25) is 0 Å². The number of fused-ring (bicyclic) bond motifs is 1. The molecule has 11 heteroatoms. The summed E-state index contributed by atoms with van der Waals surface area (Å²) in [6, 6.07) is 8.37. The van der Waals surface area contributed by atoms with Crippen molar-refractivity contribution in [1.82, 2.24) is 25.0 Å². The molecule has 3 aliphatic rings. The van der Waals surface area contributed by atoms with Gasteiger partial charge in [-0.15, -0.1) is 0 Å². The quantitative estimate of drug-likeness (QED) is 0.304. The third-order valence-electron chi connectivity index (χ3n) is 10.4. The molecule has 1 amide bonds. The van der Waals surface area contributed by atoms with Crippen LogP contribution in [0, 0.1) is 5.41 Å². The van der Waals surface area contributed by atoms with Crippen LogP contribution in [0.3, 0.4) is 0 Å². The van der Waals surface area contributed by atoms with E-state index in [1.165, 1.54) is 70.9 Å². The van der Waals surface area contributed by atoms with Gasteiger partial charge in [-0.05, 0) is 107 Å². The Bertz CT molecular complexity index is 1450. The van der Waals surface area contributed by atoms with Crippen molar-refractivity contribution < 1.29 is 22.7 Å². The van der Waals surface area contributed by atoms with Crippen molar-refractivity contribution in [1.29, 1.82) is 0 Å². The van der Waals surface area contributed by atoms with E-state index < -0.39 is 17.8 Å². The van der Waals surface area contributed by atoms with Crippen molar-refractivity contribution in [3.63, 3.8) is 0 Å². The van der Waals surface area contributed by atoms with Crippen LogP contribution in [0.4, 0.5) is 18.9 Å². The second-order valence-electron chi connectivity index (χ2n) is 12.9. The smallest absolute Gasteiger partial charge is 0.433 e. The minimum atomic E-state index is -4.64. The third kappa shape index (κ3) is 6.44. The number of hydrogen-bond acceptors (Lipinski definition) is 6. The first-order valence-corrected chi connectivity index (χ1v) is 16.1. The minimum absolute atomic E-state index is 0.292. The number of hydrogen-bond donors (Lipinski definition) is 2. The summed E-state index contributed by atoms with van der Waals surface area (Å²) in [5.74, 6) is -0.368. The Morgan fingerprint density at radius 1 is 1.07 bits per heavy atom. The number of carbonyl (C=O) groups excluding carboxylic acids is 1. The summed E-state index contributed by atoms with van der Waals surface area (Å²) >= 11 is 0. The van der Waals surface area contributed by atoms with Crippen LogP contribution in [0.5, 0.6) is 5.75 Å². The Morgan fingerprint density at radius 2 is 1.77 bits per heavy atom. The van der Waals surface area contributed by atoms with Crippen molar-refractivity contribution in [2.45, 2.75) is 95.4 Å². The van der Waals surface area contributed by atoms with Crippen LogP contribution in [-0.4, -0.2) is 64.4 Å². The summed E-state index contributed by atoms with van der Waals surface area (Å²) in [7, 11) is 1.48. The van der Waals surface area contributed by atoms with Gasteiger partial charge in [0.15, 0.2) is 0 Å². The number of benzene rings is 1. The molecule has 0 bridgehead atoms. The van der Waals surface area contributed by atoms with E-state index >= 15 is 0 Å². The molecule has 1 aliphatic heterocycles. The summed E-state index contributed by atoms with van der Waals surface area (Å²) in [5, 5.41) is 11.9. The van der Waals surface area contributed by atoms with Crippen LogP contribution in [-0.2, 0) is 6.18 Å². The van der Waals surface area contributed by atoms with Gasteiger partial charge in [0.25, 0.3) is 5.91 Å². The number of amides is 1. The Kier molecular flexibility index (Phi) is 8.88. The fraction of sp³-hybridized carbons (Fsp3) is 0.606. The molecule has 1 saturated heterocycles. The molecule has 8 nitrogen and oxygen atoms in total. The van der Waals surface area contributed by atoms with Gasteiger partial charge < -0.3 is 15.4 Å². The van der Waals surface area contributed by atoms with Crippen LogP contribution in [0.25, 0.3) is 10.9 Å². The summed E-state index contributed by atoms with van der Waals surface area (Å²) in [6.45, 7) is 5.77. The Labute approximate surface area is 256 Å². The second kappa shape index (κ2) is 12.7. The molecule has 44 heavy (non-hydrogen) atoms. The molecule has 6 rings (SSSR count). The first-order valence-electron chi connectivity index (χ1n) is 16.1. The highest BCUT2D eigenvalue weighted by Crippen LogP contribution is 2.45. The van der Waals surface area contributed by atoms with Gasteiger partial charge in [-0.25, -0.2) is 4.98 Å². The molecule has 2 aromatic heterocycles. The van der Waals surface area contributed by atoms with Crippen LogP contribution in [0.15, 0.2) is 36.5 Å². The summed E-state index contributed by atoms with van der Waals surface area (Å²) in [6.07, 6.45) is 9.82. The lowest BCUT2D eigenvalue weighted by Crippen LogP contribution is -2.49. The van der Waals surface area contributed by atoms with E-state index in [2.05, 4.69) is 27.4 Å². The highest BCUT2D eigenvalue weighted by atomic mass is 19.4. The number of halogens is 3. The van der Waals surface area contributed by atoms with Gasteiger partial charge in [0.2, 0.25) is 0 Å². The molecular weight excluding hydrogens is 569 g/mol. The Morgan fingerprint density at radius 3 is 2.43 bits per heavy atom. The SMILES string of the molecule is CCN(C1CCC(n2cc3cc(NC(=O)c4cccc(C(F)(F)F)n4)c(OC)cc3n2)CC1)C1CCC2(CCNCC2)CC1. The molecule has 3 heterocycles. The molecule has 2 N–H and O–H groups in total. The highest BCUT2D eigenvalue weighted by Gasteiger charge is 2.39. The molecule has 238 valence electrons. The molecule has 1 spiro atoms. The fourth-order valence-corrected chi connectivity index (χ4v) is 7.90. The minimum Gasteiger partial charge on any atom is -0.494 e. The maximum Gasteiger partial charge on any atom is 0.433 e. The molecule has 3 aromatic rings. The van der Waals surface area contributed by atoms with Gasteiger partial charge in [-0.1, -0.05) is 13.0 Å². The highest BCUT2D eigenvalue weighted by molar-refractivity contribution is 6.05. The lowest BCUT2D eigenvalue weighted by molar-refractivity contribution is -0.141. The largest absolute Gasteiger partial charge is 0.494 e. The van der Waals surface area contributed by atoms with E-state index in [-0.39, 0.29) is 5.69 Å². The van der Waals surface area contributed by atoms with Gasteiger partial charge in [0, 0.05) is 29.7 Å². The normalized spacial score (nSPS) is 22.9. The molecular formula is C33H43F3N6O2. The van der Waals surface area contributed by atoms with Gasteiger partial charge in [0.1, 0.15) is 17.1 Å². The van der Waals surface area contributed by atoms with E-state index in [0.29, 0.717) is 35.0 Å². The number of alkyl halides is 3. The number of pyridine rings is 1. The number of carbonyl (C=O) groups is 1. The first-order chi connectivity index (χ1) is 21.2. The maximum absolute atomic E-state index is 13.1. The average molecular weight is 613 g/mol. The Hall–Kier alpha value is -3.18. The lowest BCUT2D eigenvalue weighted by Gasteiger charge is -2.48. The van der Waals surface area contributed by atoms with Crippen molar-refractivity contribution in [2.75, 3.05) is 32.1 Å². The van der Waals surface area contributed by atoms with Crippen molar-refractivity contribution in [3.05, 3.63) is 47.9 Å². The van der Waals surface area contributed by atoms with Crippen LogP contribution in [0.1, 0.15) is 93.4 Å². The van der Waals surface area contributed by atoms with Gasteiger partial charge >= 0.3 is 6.18 Å². The van der Waals surface area contributed by atoms with Gasteiger partial charge in [0.05, 0.1) is 24.4 Å². The maximum atomic E-state index is 13.1. The molecule has 3 fully saturated rings. The van der Waals surface area contributed by atoms with Crippen molar-refractivity contribution in [3.8, 4) is 5.75 Å². The standard InChI is InChI=1S/C33H43F3N6O2/c1-3-41(24-11-13-32(14-12-24)15-17-37-18-16-32)23-7-9-25(10-8-23)42-21-22-19-28(29(44-2)20-27(22)40-42)39-31(43)26-5-4-6-30(38-26)33(34,35)36/h4-6,19-21,23-25,37H,3,7-18H2,1-2H3,(H,39,43). The summed E-state index contributed by atoms with van der Waals surface area (Å²) < 4.78 is 46.9. The molecule has 2 saturated carbocycles. The van der Waals surface area contributed by atoms with Gasteiger partial charge in [-0.2, -0.15) is 18.3 Å². The van der Waals surface area contributed by atoms with Crippen LogP contribution >= 0.6 is 0 Å². The molecule has 0 radical (unpaired) electrons. The number of aromatic nitrogens is 3. The molecule has 0 atom stereocenters. The zero-order valence-electron chi connectivity index (χ0n) is 25.6. The number of piperidine rings is 1. The van der Waals surface area contributed by atoms with Gasteiger partial charge in [-0.3, -0.25) is 14.4 Å². The van der Waals surface area contributed by atoms with Crippen molar-refractivity contribution in [2.24, 2.45) is 5.41 Å². The van der Waals surface area contributed by atoms with Crippen LogP contribution < -0.4 is 15.4 Å². The predicted octanol–water partition coefficient (Wildman–Crippen LogP) is 6.83. The first kappa shape index (κ1) is 30.8. The van der Waals surface area contributed by atoms with E-state index in [1.807, 2.05) is 10.9 Å². The summed E-state index contributed by atoms with van der Waals surface area (Å²) in [5.41, 5.74) is 0.235. The average Bonchev–Trinajstić information content (AvgIpc) is 3.45. The number of nitrogens with one attached hydrogen (secondary N) is 2. The van der Waals surface area contributed by atoms with E-state index in [4.69, 9.17) is 9.84 Å². The monoisotopic (exact) mass is 612 g/mol. The zero-order valence-corrected chi connectivity index (χ0v) is 25.6. The summed E-state index contributed by atoms with van der Waals surface area (Å²) in [4.78, 5) is 19.1. The second-order valence-corrected chi connectivity index (χ2v) is 12.9. The third-order valence-corrected chi connectivity index (χ3v) is 10.4. The predicted molar refractivity (Wildman–Crippen MR) is 164 cm³/mol. The number of anilines is 1. The lowest BCUT2D eigenvalue weighted by atomic mass is 9.67. The number of nitrogens with zero attached hydrogens (tertiary/aromatic N) is 4. The van der Waals surface area contributed by atoms with E-state index in [9.17, 15) is 18.0 Å². The molecule has 2 aliphatic carbocycles. The Balaban J connectivity index is 1.10. The van der Waals surface area contributed by atoms with Crippen molar-refractivity contribution >= 4 is 22.5 Å². The zero-order chi connectivity index (χ0) is 30.9. The van der Waals surface area contributed by atoms with E-state index in [1.54, 1.807) is 12.1 Å². The topological polar surface area (TPSA) is 84.3 Å². The number of ether oxygens (including phenoxy) is 1. The number of methoxy groups -OCH3 is 1. The number of rotatable bonds is 7.